The highest BCUT2D eigenvalue weighted by Gasteiger charge is 2.11. The average molecular weight is 265 g/mol. The number of carbonyl (C=O) groups is 1. The third kappa shape index (κ3) is 5.25. The number of thiocarbonyl (C=S) groups is 1. The molecule has 0 bridgehead atoms. The molecule has 0 saturated carbocycles. The van der Waals surface area contributed by atoms with Crippen molar-refractivity contribution >= 4 is 28.8 Å². The van der Waals surface area contributed by atoms with E-state index in [4.69, 9.17) is 18.0 Å². The summed E-state index contributed by atoms with van der Waals surface area (Å²) in [5.74, 6) is 0.0633. The molecule has 1 rings (SSSR count). The van der Waals surface area contributed by atoms with Crippen LogP contribution >= 0.6 is 12.2 Å². The molecule has 98 valence electrons. The molecule has 0 radical (unpaired) electrons. The van der Waals surface area contributed by atoms with Gasteiger partial charge in [0.1, 0.15) is 0 Å². The lowest BCUT2D eigenvalue weighted by Gasteiger charge is -2.20. The van der Waals surface area contributed by atoms with Crippen LogP contribution in [-0.2, 0) is 4.79 Å². The first-order valence-corrected chi connectivity index (χ1v) is 6.22. The highest BCUT2D eigenvalue weighted by atomic mass is 32.1. The summed E-state index contributed by atoms with van der Waals surface area (Å²) in [4.78, 5) is 14.1. The van der Waals surface area contributed by atoms with Gasteiger partial charge in [0.2, 0.25) is 5.91 Å². The molecule has 0 saturated heterocycles. The van der Waals surface area contributed by atoms with Crippen LogP contribution in [0.5, 0.6) is 0 Å². The van der Waals surface area contributed by atoms with E-state index in [-0.39, 0.29) is 11.8 Å². The van der Waals surface area contributed by atoms with E-state index < -0.39 is 0 Å². The Morgan fingerprint density at radius 1 is 1.44 bits per heavy atom. The van der Waals surface area contributed by atoms with E-state index in [0.717, 1.165) is 5.69 Å². The fraction of sp³-hybridized carbons (Fsp3) is 0.385. The van der Waals surface area contributed by atoms with Gasteiger partial charge in [0.05, 0.1) is 11.5 Å². The average Bonchev–Trinajstić information content (AvgIpc) is 2.29. The standard InChI is InChI=1S/C13H19N3OS/c1-10(13(14)18)8-16(2)9-12(17)15-11-6-4-3-5-7-11/h3-7,10H,8-9H2,1-2H3,(H2,14,18)(H,15,17). The Morgan fingerprint density at radius 2 is 2.06 bits per heavy atom. The molecule has 4 nitrogen and oxygen atoms in total. The van der Waals surface area contributed by atoms with E-state index in [1.807, 2.05) is 49.2 Å². The second kappa shape index (κ2) is 7.08. The zero-order valence-corrected chi connectivity index (χ0v) is 11.5. The van der Waals surface area contributed by atoms with Gasteiger partial charge in [0, 0.05) is 18.2 Å². The summed E-state index contributed by atoms with van der Waals surface area (Å²) < 4.78 is 0. The molecule has 1 aromatic carbocycles. The van der Waals surface area contributed by atoms with Crippen molar-refractivity contribution in [3.8, 4) is 0 Å². The third-order valence-corrected chi connectivity index (χ3v) is 2.94. The molecule has 5 heteroatoms. The molecule has 0 aliphatic rings. The van der Waals surface area contributed by atoms with Crippen molar-refractivity contribution in [1.82, 2.24) is 4.90 Å². The Hall–Kier alpha value is -1.46. The van der Waals surface area contributed by atoms with Crippen LogP contribution < -0.4 is 11.1 Å². The number of benzene rings is 1. The number of hydrogen-bond acceptors (Lipinski definition) is 3. The minimum Gasteiger partial charge on any atom is -0.393 e. The minimum atomic E-state index is -0.0427. The Bertz CT molecular complexity index is 408. The normalized spacial score (nSPS) is 12.2. The van der Waals surface area contributed by atoms with E-state index in [1.165, 1.54) is 0 Å². The summed E-state index contributed by atoms with van der Waals surface area (Å²) in [6.45, 7) is 2.95. The topological polar surface area (TPSA) is 58.4 Å². The summed E-state index contributed by atoms with van der Waals surface area (Å²) in [6, 6.07) is 9.39. The highest BCUT2D eigenvalue weighted by molar-refractivity contribution is 7.80. The number of rotatable bonds is 6. The molecule has 0 fully saturated rings. The van der Waals surface area contributed by atoms with E-state index in [9.17, 15) is 4.79 Å². The minimum absolute atomic E-state index is 0.0427. The van der Waals surface area contributed by atoms with Crippen molar-refractivity contribution in [3.63, 3.8) is 0 Å². The summed E-state index contributed by atoms with van der Waals surface area (Å²) in [5.41, 5.74) is 6.35. The second-order valence-electron chi connectivity index (χ2n) is 4.41. The first-order valence-electron chi connectivity index (χ1n) is 5.82. The Balaban J connectivity index is 2.38. The van der Waals surface area contributed by atoms with Gasteiger partial charge in [-0.1, -0.05) is 37.3 Å². The van der Waals surface area contributed by atoms with Gasteiger partial charge >= 0.3 is 0 Å². The number of nitrogens with one attached hydrogen (secondary N) is 1. The maximum atomic E-state index is 11.8. The van der Waals surface area contributed by atoms with Gasteiger partial charge < -0.3 is 11.1 Å². The molecule has 1 unspecified atom stereocenters. The Morgan fingerprint density at radius 3 is 2.61 bits per heavy atom. The van der Waals surface area contributed by atoms with E-state index in [0.29, 0.717) is 18.1 Å². The molecule has 1 amide bonds. The molecular weight excluding hydrogens is 246 g/mol. The van der Waals surface area contributed by atoms with Crippen molar-refractivity contribution in [3.05, 3.63) is 30.3 Å². The number of hydrogen-bond donors (Lipinski definition) is 2. The molecule has 18 heavy (non-hydrogen) atoms. The van der Waals surface area contributed by atoms with Gasteiger partial charge in [-0.3, -0.25) is 9.69 Å². The smallest absolute Gasteiger partial charge is 0.238 e. The van der Waals surface area contributed by atoms with Crippen LogP contribution in [0.4, 0.5) is 5.69 Å². The molecule has 0 aliphatic heterocycles. The summed E-state index contributed by atoms with van der Waals surface area (Å²) in [7, 11) is 1.87. The number of nitrogens with zero attached hydrogens (tertiary/aromatic N) is 1. The monoisotopic (exact) mass is 265 g/mol. The lowest BCUT2D eigenvalue weighted by Crippen LogP contribution is -2.36. The molecule has 0 aliphatic carbocycles. The zero-order valence-electron chi connectivity index (χ0n) is 10.7. The first-order chi connectivity index (χ1) is 8.49. The van der Waals surface area contributed by atoms with Crippen molar-refractivity contribution < 1.29 is 4.79 Å². The quantitative estimate of drug-likeness (QED) is 0.765. The second-order valence-corrected chi connectivity index (χ2v) is 4.89. The molecule has 3 N–H and O–H groups in total. The molecule has 1 atom stereocenters. The largest absolute Gasteiger partial charge is 0.393 e. The number of anilines is 1. The summed E-state index contributed by atoms with van der Waals surface area (Å²) in [6.07, 6.45) is 0. The molecule has 0 aromatic heterocycles. The van der Waals surface area contributed by atoms with Gasteiger partial charge in [-0.2, -0.15) is 0 Å². The lowest BCUT2D eigenvalue weighted by atomic mass is 10.2. The van der Waals surface area contributed by atoms with Crippen LogP contribution in [-0.4, -0.2) is 35.9 Å². The first kappa shape index (κ1) is 14.6. The van der Waals surface area contributed by atoms with Gasteiger partial charge in [0.15, 0.2) is 0 Å². The Labute approximate surface area is 113 Å². The van der Waals surface area contributed by atoms with Crippen LogP contribution in [0.3, 0.4) is 0 Å². The van der Waals surface area contributed by atoms with Crippen molar-refractivity contribution in [2.45, 2.75) is 6.92 Å². The van der Waals surface area contributed by atoms with E-state index >= 15 is 0 Å². The Kier molecular flexibility index (Phi) is 5.74. The fourth-order valence-corrected chi connectivity index (χ4v) is 1.66. The zero-order chi connectivity index (χ0) is 13.5. The van der Waals surface area contributed by atoms with Crippen LogP contribution in [0.15, 0.2) is 30.3 Å². The third-order valence-electron chi connectivity index (χ3n) is 2.54. The number of carbonyl (C=O) groups excluding carboxylic acids is 1. The fourth-order valence-electron chi connectivity index (χ4n) is 1.59. The molecule has 1 aromatic rings. The highest BCUT2D eigenvalue weighted by Crippen LogP contribution is 2.05. The van der Waals surface area contributed by atoms with Crippen LogP contribution in [0, 0.1) is 5.92 Å². The van der Waals surface area contributed by atoms with Crippen LogP contribution in [0.25, 0.3) is 0 Å². The van der Waals surface area contributed by atoms with Crippen LogP contribution in [0.2, 0.25) is 0 Å². The predicted octanol–water partition coefficient (Wildman–Crippen LogP) is 1.48. The van der Waals surface area contributed by atoms with E-state index in [1.54, 1.807) is 0 Å². The van der Waals surface area contributed by atoms with E-state index in [2.05, 4.69) is 5.32 Å². The molecule has 0 spiro atoms. The number of nitrogens with two attached hydrogens (primary N) is 1. The molecule has 0 heterocycles. The van der Waals surface area contributed by atoms with Crippen molar-refractivity contribution in [2.75, 3.05) is 25.5 Å². The summed E-state index contributed by atoms with van der Waals surface area (Å²) in [5, 5.41) is 2.83. The van der Waals surface area contributed by atoms with Gasteiger partial charge in [0.25, 0.3) is 0 Å². The van der Waals surface area contributed by atoms with Crippen molar-refractivity contribution in [2.24, 2.45) is 11.7 Å². The van der Waals surface area contributed by atoms with Gasteiger partial charge in [-0.05, 0) is 19.2 Å². The molecular formula is C13H19N3OS. The maximum absolute atomic E-state index is 11.8. The SMILES string of the molecule is CC(CN(C)CC(=O)Nc1ccccc1)C(N)=S. The van der Waals surface area contributed by atoms with Crippen molar-refractivity contribution in [1.29, 1.82) is 0 Å². The van der Waals surface area contributed by atoms with Gasteiger partial charge in [-0.15, -0.1) is 0 Å². The number of amides is 1. The number of likely N-dealkylation sites (N-methyl/N-ethyl adjacent to an activating group) is 1. The number of para-hydroxylation sites is 1. The maximum Gasteiger partial charge on any atom is 0.238 e. The predicted molar refractivity (Wildman–Crippen MR) is 78.5 cm³/mol. The lowest BCUT2D eigenvalue weighted by molar-refractivity contribution is -0.117. The summed E-state index contributed by atoms with van der Waals surface area (Å²) >= 11 is 4.91. The van der Waals surface area contributed by atoms with Crippen LogP contribution in [0.1, 0.15) is 6.92 Å². The van der Waals surface area contributed by atoms with Gasteiger partial charge in [-0.25, -0.2) is 0 Å².